The van der Waals surface area contributed by atoms with E-state index in [4.69, 9.17) is 9.84 Å². The highest BCUT2D eigenvalue weighted by Gasteiger charge is 2.08. The fourth-order valence-electron chi connectivity index (χ4n) is 1.43. The Kier molecular flexibility index (Phi) is 5.65. The average molecular weight is 240 g/mol. The number of aliphatic hydroxyl groups is 1. The van der Waals surface area contributed by atoms with Crippen molar-refractivity contribution in [2.45, 2.75) is 19.9 Å². The first-order valence-corrected chi connectivity index (χ1v) is 5.65. The molecule has 0 aliphatic rings. The van der Waals surface area contributed by atoms with Crippen LogP contribution in [-0.4, -0.2) is 48.0 Å². The predicted molar refractivity (Wildman–Crippen MR) is 67.3 cm³/mol. The Morgan fingerprint density at radius 2 is 2.24 bits per heavy atom. The normalized spacial score (nSPS) is 12.2. The van der Waals surface area contributed by atoms with Gasteiger partial charge in [-0.05, 0) is 13.8 Å². The quantitative estimate of drug-likeness (QED) is 0.649. The summed E-state index contributed by atoms with van der Waals surface area (Å²) in [5.41, 5.74) is 0.868. The molecule has 0 spiro atoms. The lowest BCUT2D eigenvalue weighted by Gasteiger charge is -2.16. The third-order valence-electron chi connectivity index (χ3n) is 2.13. The standard InChI is InChI=1S/C11H20N4O2/c1-4-12-11-13-8(2)5-10(15-11)14-9(6-16)7-17-3/h5,9,16H,4,6-7H2,1-3H3,(H2,12,13,14,15). The largest absolute Gasteiger partial charge is 0.394 e. The number of methoxy groups -OCH3 is 1. The lowest BCUT2D eigenvalue weighted by atomic mass is 10.3. The van der Waals surface area contributed by atoms with Crippen molar-refractivity contribution in [2.24, 2.45) is 0 Å². The zero-order valence-electron chi connectivity index (χ0n) is 10.5. The van der Waals surface area contributed by atoms with Crippen LogP contribution in [0, 0.1) is 6.92 Å². The molecule has 6 heteroatoms. The third-order valence-corrected chi connectivity index (χ3v) is 2.13. The molecule has 1 unspecified atom stereocenters. The third kappa shape index (κ3) is 4.54. The molecule has 0 aromatic carbocycles. The number of aliphatic hydroxyl groups excluding tert-OH is 1. The van der Waals surface area contributed by atoms with Crippen LogP contribution in [0.4, 0.5) is 11.8 Å². The van der Waals surface area contributed by atoms with Crippen LogP contribution in [0.15, 0.2) is 6.07 Å². The van der Waals surface area contributed by atoms with Gasteiger partial charge in [-0.1, -0.05) is 0 Å². The molecule has 3 N–H and O–H groups in total. The summed E-state index contributed by atoms with van der Waals surface area (Å²) in [5, 5.41) is 15.3. The number of nitrogens with one attached hydrogen (secondary N) is 2. The van der Waals surface area contributed by atoms with Gasteiger partial charge in [-0.2, -0.15) is 4.98 Å². The van der Waals surface area contributed by atoms with Crippen LogP contribution < -0.4 is 10.6 Å². The Morgan fingerprint density at radius 3 is 2.82 bits per heavy atom. The summed E-state index contributed by atoms with van der Waals surface area (Å²) in [4.78, 5) is 8.54. The van der Waals surface area contributed by atoms with Crippen LogP contribution in [-0.2, 0) is 4.74 Å². The van der Waals surface area contributed by atoms with E-state index < -0.39 is 0 Å². The minimum absolute atomic E-state index is 0.00652. The van der Waals surface area contributed by atoms with Crippen molar-refractivity contribution in [2.75, 3.05) is 37.5 Å². The van der Waals surface area contributed by atoms with Crippen molar-refractivity contribution < 1.29 is 9.84 Å². The lowest BCUT2D eigenvalue weighted by Crippen LogP contribution is -2.29. The van der Waals surface area contributed by atoms with Crippen LogP contribution in [0.5, 0.6) is 0 Å². The highest BCUT2D eigenvalue weighted by atomic mass is 16.5. The van der Waals surface area contributed by atoms with Crippen LogP contribution in [0.1, 0.15) is 12.6 Å². The molecule has 0 amide bonds. The Balaban J connectivity index is 2.75. The van der Waals surface area contributed by atoms with Gasteiger partial charge in [0, 0.05) is 25.4 Å². The number of aromatic nitrogens is 2. The molecule has 1 aromatic heterocycles. The molecule has 0 saturated heterocycles. The molecule has 1 heterocycles. The van der Waals surface area contributed by atoms with Crippen LogP contribution in [0.3, 0.4) is 0 Å². The van der Waals surface area contributed by atoms with Gasteiger partial charge < -0.3 is 20.5 Å². The maximum Gasteiger partial charge on any atom is 0.224 e. The number of rotatable bonds is 7. The highest BCUT2D eigenvalue weighted by Crippen LogP contribution is 2.10. The number of hydrogen-bond acceptors (Lipinski definition) is 6. The molecular formula is C11H20N4O2. The van der Waals surface area contributed by atoms with Crippen LogP contribution >= 0.6 is 0 Å². The minimum atomic E-state index is -0.163. The van der Waals surface area contributed by atoms with E-state index in [2.05, 4.69) is 20.6 Å². The molecule has 0 radical (unpaired) electrons. The first kappa shape index (κ1) is 13.7. The van der Waals surface area contributed by atoms with Gasteiger partial charge in [-0.15, -0.1) is 0 Å². The summed E-state index contributed by atoms with van der Waals surface area (Å²) in [5.74, 6) is 1.27. The van der Waals surface area contributed by atoms with E-state index in [1.165, 1.54) is 0 Å². The van der Waals surface area contributed by atoms with Crippen molar-refractivity contribution in [3.05, 3.63) is 11.8 Å². The smallest absolute Gasteiger partial charge is 0.224 e. The molecule has 96 valence electrons. The second-order valence-electron chi connectivity index (χ2n) is 3.73. The van der Waals surface area contributed by atoms with E-state index in [0.717, 1.165) is 12.2 Å². The molecule has 1 rings (SSSR count). The highest BCUT2D eigenvalue weighted by molar-refractivity contribution is 5.42. The maximum atomic E-state index is 9.16. The second kappa shape index (κ2) is 7.03. The maximum absolute atomic E-state index is 9.16. The monoisotopic (exact) mass is 240 g/mol. The predicted octanol–water partition coefficient (Wildman–Crippen LogP) is 0.636. The van der Waals surface area contributed by atoms with Crippen molar-refractivity contribution in [3.8, 4) is 0 Å². The van der Waals surface area contributed by atoms with E-state index in [1.807, 2.05) is 19.9 Å². The summed E-state index contributed by atoms with van der Waals surface area (Å²) in [7, 11) is 1.60. The van der Waals surface area contributed by atoms with Gasteiger partial charge >= 0.3 is 0 Å². The molecule has 0 bridgehead atoms. The van der Waals surface area contributed by atoms with Crippen molar-refractivity contribution in [3.63, 3.8) is 0 Å². The molecule has 17 heavy (non-hydrogen) atoms. The van der Waals surface area contributed by atoms with Gasteiger partial charge in [0.15, 0.2) is 0 Å². The van der Waals surface area contributed by atoms with Crippen LogP contribution in [0.2, 0.25) is 0 Å². The molecule has 1 aromatic rings. The number of aryl methyl sites for hydroxylation is 1. The summed E-state index contributed by atoms with van der Waals surface area (Å²) in [6, 6.07) is 1.67. The molecule has 0 aliphatic carbocycles. The Hall–Kier alpha value is -1.40. The summed E-state index contributed by atoms with van der Waals surface area (Å²) < 4.78 is 4.99. The minimum Gasteiger partial charge on any atom is -0.394 e. The van der Waals surface area contributed by atoms with E-state index in [0.29, 0.717) is 18.4 Å². The summed E-state index contributed by atoms with van der Waals surface area (Å²) in [6.07, 6.45) is 0. The van der Waals surface area contributed by atoms with Gasteiger partial charge in [0.25, 0.3) is 0 Å². The topological polar surface area (TPSA) is 79.3 Å². The van der Waals surface area contributed by atoms with Gasteiger partial charge in [0.1, 0.15) is 5.82 Å². The first-order chi connectivity index (χ1) is 8.19. The molecular weight excluding hydrogens is 220 g/mol. The van der Waals surface area contributed by atoms with Gasteiger partial charge in [0.05, 0.1) is 19.3 Å². The average Bonchev–Trinajstić information content (AvgIpc) is 2.28. The zero-order valence-corrected chi connectivity index (χ0v) is 10.5. The Bertz CT molecular complexity index is 346. The van der Waals surface area contributed by atoms with Crippen molar-refractivity contribution in [1.29, 1.82) is 0 Å². The summed E-state index contributed by atoms with van der Waals surface area (Å²) in [6.45, 7) is 5.08. The first-order valence-electron chi connectivity index (χ1n) is 5.65. The summed E-state index contributed by atoms with van der Waals surface area (Å²) >= 11 is 0. The molecule has 6 nitrogen and oxygen atoms in total. The van der Waals surface area contributed by atoms with Crippen molar-refractivity contribution >= 4 is 11.8 Å². The Morgan fingerprint density at radius 1 is 1.47 bits per heavy atom. The van der Waals surface area contributed by atoms with Gasteiger partial charge in [-0.25, -0.2) is 4.98 Å². The molecule has 0 saturated carbocycles. The number of ether oxygens (including phenoxy) is 1. The molecule has 0 aliphatic heterocycles. The fourth-order valence-corrected chi connectivity index (χ4v) is 1.43. The van der Waals surface area contributed by atoms with Gasteiger partial charge in [0.2, 0.25) is 5.95 Å². The SMILES string of the molecule is CCNc1nc(C)cc(NC(CO)COC)n1. The fraction of sp³-hybridized carbons (Fsp3) is 0.636. The molecule has 1 atom stereocenters. The van der Waals surface area contributed by atoms with E-state index >= 15 is 0 Å². The number of hydrogen-bond donors (Lipinski definition) is 3. The number of nitrogens with zero attached hydrogens (tertiary/aromatic N) is 2. The van der Waals surface area contributed by atoms with E-state index in [9.17, 15) is 0 Å². The van der Waals surface area contributed by atoms with Crippen molar-refractivity contribution in [1.82, 2.24) is 9.97 Å². The zero-order chi connectivity index (χ0) is 12.7. The lowest BCUT2D eigenvalue weighted by molar-refractivity contribution is 0.153. The van der Waals surface area contributed by atoms with Crippen LogP contribution in [0.25, 0.3) is 0 Å². The van der Waals surface area contributed by atoms with E-state index in [1.54, 1.807) is 7.11 Å². The second-order valence-corrected chi connectivity index (χ2v) is 3.73. The number of anilines is 2. The molecule has 0 fully saturated rings. The Labute approximate surface area is 101 Å². The van der Waals surface area contributed by atoms with Gasteiger partial charge in [-0.3, -0.25) is 0 Å². The van der Waals surface area contributed by atoms with E-state index in [-0.39, 0.29) is 12.6 Å².